The van der Waals surface area contributed by atoms with Gasteiger partial charge < -0.3 is 19.5 Å². The first-order chi connectivity index (χ1) is 22.3. The number of nitrogens with zero attached hydrogens (tertiary/aromatic N) is 8. The molecule has 1 amide bonds. The summed E-state index contributed by atoms with van der Waals surface area (Å²) in [6.07, 6.45) is 8.56. The van der Waals surface area contributed by atoms with Gasteiger partial charge in [0.2, 0.25) is 5.95 Å². The molecule has 4 aromatic rings. The van der Waals surface area contributed by atoms with Crippen molar-refractivity contribution in [2.75, 3.05) is 34.8 Å². The summed E-state index contributed by atoms with van der Waals surface area (Å²) in [5, 5.41) is 8.21. The van der Waals surface area contributed by atoms with Crippen molar-refractivity contribution >= 4 is 50.8 Å². The van der Waals surface area contributed by atoms with Crippen molar-refractivity contribution in [3.8, 4) is 0 Å². The Morgan fingerprint density at radius 1 is 1.11 bits per heavy atom. The molecule has 14 heteroatoms. The third-order valence-corrected chi connectivity index (χ3v) is 10.3. The molecule has 0 saturated carbocycles. The van der Waals surface area contributed by atoms with Crippen molar-refractivity contribution in [3.05, 3.63) is 54.6 Å². The first-order valence-corrected chi connectivity index (χ1v) is 18.0. The van der Waals surface area contributed by atoms with E-state index in [1.807, 2.05) is 54.4 Å². The molecule has 47 heavy (non-hydrogen) atoms. The van der Waals surface area contributed by atoms with Crippen molar-refractivity contribution in [2.24, 2.45) is 16.8 Å². The van der Waals surface area contributed by atoms with Gasteiger partial charge in [-0.1, -0.05) is 30.3 Å². The molecule has 2 aliphatic heterocycles. The summed E-state index contributed by atoms with van der Waals surface area (Å²) in [5.74, 6) is 1.70. The quantitative estimate of drug-likeness (QED) is 0.237. The second-order valence-electron chi connectivity index (χ2n) is 13.7. The summed E-state index contributed by atoms with van der Waals surface area (Å²) in [6.45, 7) is 10.9. The molecule has 13 nitrogen and oxygen atoms in total. The van der Waals surface area contributed by atoms with Crippen LogP contribution < -0.4 is 10.2 Å². The van der Waals surface area contributed by atoms with Crippen LogP contribution in [0.25, 0.3) is 11.2 Å². The molecule has 3 aromatic heterocycles. The number of nitrogens with one attached hydrogen (secondary N) is 1. The van der Waals surface area contributed by atoms with Crippen molar-refractivity contribution in [1.82, 2.24) is 29.3 Å². The molecular weight excluding hydrogens is 618 g/mol. The molecule has 1 aromatic carbocycles. The number of imidazole rings is 1. The number of anilines is 3. The summed E-state index contributed by atoms with van der Waals surface area (Å²) in [5.41, 5.74) is 2.60. The highest BCUT2D eigenvalue weighted by atomic mass is 32.2. The largest absolute Gasteiger partial charge is 0.442 e. The van der Waals surface area contributed by atoms with Gasteiger partial charge in [-0.05, 0) is 65.4 Å². The number of carbonyl (C=O) groups excluding carboxylic acids is 1. The lowest BCUT2D eigenvalue weighted by molar-refractivity contribution is 0.0604. The average Bonchev–Trinajstić information content (AvgIpc) is 3.77. The molecular formula is C33H43N9O4S. The molecule has 0 spiro atoms. The van der Waals surface area contributed by atoms with E-state index in [4.69, 9.17) is 19.8 Å². The minimum Gasteiger partial charge on any atom is -0.442 e. The van der Waals surface area contributed by atoms with Crippen LogP contribution in [0.2, 0.25) is 0 Å². The standard InChI is InChI=1S/C33H43N9O4S/c1-22(2)41-21-35-27-29(38-31(39-30(27)41)40-14-11-23(19-40)17-34-32(43)46-33(3,4)5)37-26-18-36-42(20-26)28(24-9-7-6-8-10-24)25-12-15-47(44,45)16-13-25/h6-10,17-18,20-23,25,28H,11-16,19H2,1-5H3,(H,37,38,39). The van der Waals surface area contributed by atoms with Gasteiger partial charge in [0.25, 0.3) is 0 Å². The number of hydrogen-bond donors (Lipinski definition) is 1. The first kappa shape index (κ1) is 32.6. The van der Waals surface area contributed by atoms with Crippen LogP contribution in [0.15, 0.2) is 54.0 Å². The summed E-state index contributed by atoms with van der Waals surface area (Å²) < 4.78 is 33.7. The lowest BCUT2D eigenvalue weighted by Crippen LogP contribution is -2.30. The summed E-state index contributed by atoms with van der Waals surface area (Å²) in [6, 6.07) is 10.2. The lowest BCUT2D eigenvalue weighted by Gasteiger charge is -2.30. The van der Waals surface area contributed by atoms with E-state index in [1.54, 1.807) is 18.7 Å². The van der Waals surface area contributed by atoms with Crippen molar-refractivity contribution in [1.29, 1.82) is 0 Å². The van der Waals surface area contributed by atoms with Crippen LogP contribution in [0, 0.1) is 11.8 Å². The van der Waals surface area contributed by atoms with Gasteiger partial charge >= 0.3 is 6.09 Å². The maximum absolute atomic E-state index is 12.2. The van der Waals surface area contributed by atoms with E-state index in [9.17, 15) is 13.2 Å². The number of carbonyl (C=O) groups is 1. The molecule has 250 valence electrons. The maximum atomic E-state index is 12.2. The Bertz CT molecular complexity index is 1850. The summed E-state index contributed by atoms with van der Waals surface area (Å²) in [7, 11) is -3.00. The molecule has 2 fully saturated rings. The molecule has 1 N–H and O–H groups in total. The second-order valence-corrected chi connectivity index (χ2v) is 16.0. The Kier molecular flexibility index (Phi) is 9.05. The molecule has 2 unspecified atom stereocenters. The van der Waals surface area contributed by atoms with Crippen LogP contribution >= 0.6 is 0 Å². The van der Waals surface area contributed by atoms with E-state index in [2.05, 4.69) is 46.2 Å². The monoisotopic (exact) mass is 661 g/mol. The minimum absolute atomic E-state index is 0.0520. The highest BCUT2D eigenvalue weighted by molar-refractivity contribution is 7.91. The minimum atomic E-state index is -3.00. The first-order valence-electron chi connectivity index (χ1n) is 16.2. The van der Waals surface area contributed by atoms with Gasteiger partial charge in [0.15, 0.2) is 17.0 Å². The van der Waals surface area contributed by atoms with E-state index in [0.29, 0.717) is 43.2 Å². The predicted molar refractivity (Wildman–Crippen MR) is 182 cm³/mol. The second kappa shape index (κ2) is 13.1. The highest BCUT2D eigenvalue weighted by Gasteiger charge is 2.32. The number of ether oxygens (including phenoxy) is 1. The molecule has 2 saturated heterocycles. The van der Waals surface area contributed by atoms with Crippen LogP contribution in [-0.4, -0.2) is 80.2 Å². The zero-order valence-electron chi connectivity index (χ0n) is 27.6. The Morgan fingerprint density at radius 2 is 1.85 bits per heavy atom. The maximum Gasteiger partial charge on any atom is 0.433 e. The zero-order valence-corrected chi connectivity index (χ0v) is 28.4. The number of fused-ring (bicyclic) bond motifs is 1. The van der Waals surface area contributed by atoms with E-state index in [-0.39, 0.29) is 35.4 Å². The van der Waals surface area contributed by atoms with Gasteiger partial charge in [0.05, 0.1) is 35.8 Å². The van der Waals surface area contributed by atoms with Crippen molar-refractivity contribution in [3.63, 3.8) is 0 Å². The smallest absolute Gasteiger partial charge is 0.433 e. The molecule has 0 bridgehead atoms. The molecule has 2 atom stereocenters. The van der Waals surface area contributed by atoms with Crippen LogP contribution in [0.4, 0.5) is 22.2 Å². The fraction of sp³-hybridized carbons (Fsp3) is 0.515. The Morgan fingerprint density at radius 3 is 2.55 bits per heavy atom. The van der Waals surface area contributed by atoms with E-state index in [1.165, 1.54) is 0 Å². The number of aromatic nitrogens is 6. The molecule has 0 aliphatic carbocycles. The Labute approximate surface area is 275 Å². The third-order valence-electron chi connectivity index (χ3n) is 8.59. The van der Waals surface area contributed by atoms with Crippen molar-refractivity contribution in [2.45, 2.75) is 71.6 Å². The number of hydrogen-bond acceptors (Lipinski definition) is 10. The molecule has 5 heterocycles. The van der Waals surface area contributed by atoms with E-state index < -0.39 is 21.5 Å². The zero-order chi connectivity index (χ0) is 33.3. The fourth-order valence-corrected chi connectivity index (χ4v) is 7.79. The van der Waals surface area contributed by atoms with Gasteiger partial charge in [-0.3, -0.25) is 4.68 Å². The SMILES string of the molecule is CC(C)n1cnc2c(Nc3cnn(C(c4ccccc4)C4CCS(=O)(=O)CC4)c3)nc(N3CCC(C=NC(=O)OC(C)(C)C)C3)nc21. The number of amides is 1. The van der Waals surface area contributed by atoms with Gasteiger partial charge in [-0.25, -0.2) is 18.2 Å². The van der Waals surface area contributed by atoms with Gasteiger partial charge in [-0.2, -0.15) is 20.1 Å². The fourth-order valence-electron chi connectivity index (χ4n) is 6.26. The Balaban J connectivity index is 1.27. The summed E-state index contributed by atoms with van der Waals surface area (Å²) >= 11 is 0. The molecule has 6 rings (SSSR count). The van der Waals surface area contributed by atoms with Gasteiger partial charge in [0, 0.05) is 37.5 Å². The number of rotatable bonds is 8. The van der Waals surface area contributed by atoms with Crippen LogP contribution in [0.5, 0.6) is 0 Å². The highest BCUT2D eigenvalue weighted by Crippen LogP contribution is 2.36. The predicted octanol–water partition coefficient (Wildman–Crippen LogP) is 5.59. The third kappa shape index (κ3) is 7.64. The number of sulfone groups is 1. The van der Waals surface area contributed by atoms with Gasteiger partial charge in [0.1, 0.15) is 15.4 Å². The normalized spacial score (nSPS) is 19.5. The Hall–Kier alpha value is -4.33. The van der Waals surface area contributed by atoms with Crippen LogP contribution in [0.3, 0.4) is 0 Å². The number of benzene rings is 1. The lowest BCUT2D eigenvalue weighted by atomic mass is 9.88. The van der Waals surface area contributed by atoms with Crippen LogP contribution in [-0.2, 0) is 14.6 Å². The van der Waals surface area contributed by atoms with E-state index in [0.717, 1.165) is 23.3 Å². The topological polar surface area (TPSA) is 149 Å². The summed E-state index contributed by atoms with van der Waals surface area (Å²) in [4.78, 5) is 32.8. The van der Waals surface area contributed by atoms with Crippen LogP contribution in [0.1, 0.15) is 71.5 Å². The van der Waals surface area contributed by atoms with Crippen molar-refractivity contribution < 1.29 is 17.9 Å². The number of aliphatic imine (C=N–C) groups is 1. The van der Waals surface area contributed by atoms with Gasteiger partial charge in [-0.15, -0.1) is 0 Å². The van der Waals surface area contributed by atoms with E-state index >= 15 is 0 Å². The molecule has 0 radical (unpaired) electrons. The molecule has 2 aliphatic rings. The average molecular weight is 662 g/mol.